The average molecular weight is 391 g/mol. The van der Waals surface area contributed by atoms with Crippen LogP contribution >= 0.6 is 0 Å². The zero-order valence-corrected chi connectivity index (χ0v) is 16.7. The van der Waals surface area contributed by atoms with Gasteiger partial charge in [0.25, 0.3) is 0 Å². The molecule has 1 atom stereocenters. The summed E-state index contributed by atoms with van der Waals surface area (Å²) >= 11 is 0. The normalized spacial score (nSPS) is 12.3. The fourth-order valence-electron chi connectivity index (χ4n) is 2.46. The molecule has 0 bridgehead atoms. The van der Waals surface area contributed by atoms with Gasteiger partial charge in [0, 0.05) is 18.3 Å². The Bertz CT molecular complexity index is 853. The lowest BCUT2D eigenvalue weighted by atomic mass is 10.1. The summed E-state index contributed by atoms with van der Waals surface area (Å²) in [5, 5.41) is 2.90. The van der Waals surface area contributed by atoms with Crippen molar-refractivity contribution >= 4 is 21.8 Å². The standard InChI is InChI=1S/C20H26N2O4S/c1-4-16(3)22(20(23)21-18-11-7-6-8-12-18)15-17-10-9-13-19(14-17)26-27(24,25)5-2/h6-14,16H,4-5,15H2,1-3H3,(H,21,23)/t16-/m0/s1. The van der Waals surface area contributed by atoms with Crippen molar-refractivity contribution < 1.29 is 17.4 Å². The fourth-order valence-corrected chi connectivity index (χ4v) is 2.98. The molecule has 0 saturated heterocycles. The Labute approximate surface area is 161 Å². The molecule has 0 heterocycles. The lowest BCUT2D eigenvalue weighted by Gasteiger charge is -2.29. The van der Waals surface area contributed by atoms with E-state index in [1.807, 2.05) is 50.2 Å². The van der Waals surface area contributed by atoms with Crippen molar-refractivity contribution in [1.82, 2.24) is 4.90 Å². The number of benzene rings is 2. The molecule has 1 N–H and O–H groups in total. The van der Waals surface area contributed by atoms with Gasteiger partial charge in [0.2, 0.25) is 0 Å². The monoisotopic (exact) mass is 390 g/mol. The van der Waals surface area contributed by atoms with Crippen molar-refractivity contribution in [3.63, 3.8) is 0 Å². The summed E-state index contributed by atoms with van der Waals surface area (Å²) in [5.41, 5.74) is 1.52. The maximum atomic E-state index is 12.8. The van der Waals surface area contributed by atoms with Crippen LogP contribution in [0.3, 0.4) is 0 Å². The van der Waals surface area contributed by atoms with Crippen molar-refractivity contribution in [2.45, 2.75) is 39.8 Å². The van der Waals surface area contributed by atoms with Gasteiger partial charge in [0.1, 0.15) is 5.75 Å². The third-order valence-corrected chi connectivity index (χ3v) is 5.39. The number of carbonyl (C=O) groups is 1. The summed E-state index contributed by atoms with van der Waals surface area (Å²) < 4.78 is 28.4. The summed E-state index contributed by atoms with van der Waals surface area (Å²) in [4.78, 5) is 14.5. The summed E-state index contributed by atoms with van der Waals surface area (Å²) in [6, 6.07) is 15.9. The average Bonchev–Trinajstić information content (AvgIpc) is 2.66. The molecule has 2 aromatic rings. The summed E-state index contributed by atoms with van der Waals surface area (Å²) in [6.07, 6.45) is 0.794. The molecule has 2 amide bonds. The first-order chi connectivity index (χ1) is 12.8. The van der Waals surface area contributed by atoms with Crippen LogP contribution in [-0.2, 0) is 16.7 Å². The highest BCUT2D eigenvalue weighted by Crippen LogP contribution is 2.19. The van der Waals surface area contributed by atoms with E-state index in [-0.39, 0.29) is 23.6 Å². The Hall–Kier alpha value is -2.54. The Balaban J connectivity index is 2.17. The SMILES string of the molecule is CC[C@H](C)N(Cc1cccc(OS(=O)(=O)CC)c1)C(=O)Nc1ccccc1. The minimum Gasteiger partial charge on any atom is -0.382 e. The van der Waals surface area contributed by atoms with E-state index < -0.39 is 10.1 Å². The first kappa shape index (κ1) is 20.8. The number of nitrogens with zero attached hydrogens (tertiary/aromatic N) is 1. The first-order valence-electron chi connectivity index (χ1n) is 8.98. The highest BCUT2D eigenvalue weighted by atomic mass is 32.2. The van der Waals surface area contributed by atoms with Crippen LogP contribution in [0, 0.1) is 0 Å². The smallest absolute Gasteiger partial charge is 0.322 e. The van der Waals surface area contributed by atoms with Crippen molar-refractivity contribution in [1.29, 1.82) is 0 Å². The van der Waals surface area contributed by atoms with Crippen molar-refractivity contribution in [2.24, 2.45) is 0 Å². The minimum atomic E-state index is -3.59. The fraction of sp³-hybridized carbons (Fsp3) is 0.350. The number of rotatable bonds is 8. The third kappa shape index (κ3) is 6.29. The summed E-state index contributed by atoms with van der Waals surface area (Å²) in [6.45, 7) is 5.86. The van der Waals surface area contributed by atoms with Gasteiger partial charge in [-0.25, -0.2) is 4.79 Å². The van der Waals surface area contributed by atoms with Crippen LogP contribution in [0.25, 0.3) is 0 Å². The zero-order chi connectivity index (χ0) is 19.9. The van der Waals surface area contributed by atoms with Gasteiger partial charge in [-0.2, -0.15) is 8.42 Å². The number of anilines is 1. The van der Waals surface area contributed by atoms with Crippen LogP contribution in [0.15, 0.2) is 54.6 Å². The molecule has 7 heteroatoms. The van der Waals surface area contributed by atoms with Crippen LogP contribution in [0.5, 0.6) is 5.75 Å². The van der Waals surface area contributed by atoms with Crippen LogP contribution in [-0.4, -0.2) is 31.1 Å². The van der Waals surface area contributed by atoms with E-state index in [0.717, 1.165) is 17.7 Å². The van der Waals surface area contributed by atoms with Gasteiger partial charge < -0.3 is 14.4 Å². The Morgan fingerprint density at radius 3 is 2.44 bits per heavy atom. The predicted octanol–water partition coefficient (Wildman–Crippen LogP) is 4.25. The summed E-state index contributed by atoms with van der Waals surface area (Å²) in [7, 11) is -3.59. The maximum Gasteiger partial charge on any atom is 0.322 e. The number of hydrogen-bond acceptors (Lipinski definition) is 4. The van der Waals surface area contributed by atoms with Crippen LogP contribution in [0.4, 0.5) is 10.5 Å². The van der Waals surface area contributed by atoms with Crippen molar-refractivity contribution in [3.05, 3.63) is 60.2 Å². The second-order valence-electron chi connectivity index (χ2n) is 6.26. The van der Waals surface area contributed by atoms with E-state index in [1.54, 1.807) is 23.1 Å². The van der Waals surface area contributed by atoms with E-state index in [9.17, 15) is 13.2 Å². The number of para-hydroxylation sites is 1. The Kier molecular flexibility index (Phi) is 7.24. The molecule has 0 fully saturated rings. The van der Waals surface area contributed by atoms with Gasteiger partial charge >= 0.3 is 16.1 Å². The molecule has 2 aromatic carbocycles. The number of urea groups is 1. The largest absolute Gasteiger partial charge is 0.382 e. The molecule has 0 unspecified atom stereocenters. The van der Waals surface area contributed by atoms with Gasteiger partial charge in [-0.15, -0.1) is 0 Å². The lowest BCUT2D eigenvalue weighted by Crippen LogP contribution is -2.40. The molecule has 0 saturated carbocycles. The topological polar surface area (TPSA) is 75.7 Å². The Morgan fingerprint density at radius 1 is 1.11 bits per heavy atom. The molecule has 27 heavy (non-hydrogen) atoms. The minimum absolute atomic E-state index is 0.0117. The number of amides is 2. The zero-order valence-electron chi connectivity index (χ0n) is 15.9. The van der Waals surface area contributed by atoms with Gasteiger partial charge in [0.05, 0.1) is 5.75 Å². The van der Waals surface area contributed by atoms with E-state index in [4.69, 9.17) is 4.18 Å². The van der Waals surface area contributed by atoms with E-state index in [1.165, 1.54) is 6.92 Å². The van der Waals surface area contributed by atoms with Gasteiger partial charge in [-0.3, -0.25) is 0 Å². The third-order valence-electron chi connectivity index (χ3n) is 4.24. The lowest BCUT2D eigenvalue weighted by molar-refractivity contribution is 0.187. The number of hydrogen-bond donors (Lipinski definition) is 1. The quantitative estimate of drug-likeness (QED) is 0.684. The van der Waals surface area contributed by atoms with E-state index >= 15 is 0 Å². The van der Waals surface area contributed by atoms with Crippen molar-refractivity contribution in [2.75, 3.05) is 11.1 Å². The molecule has 0 radical (unpaired) electrons. The van der Waals surface area contributed by atoms with Gasteiger partial charge in [0.15, 0.2) is 0 Å². The predicted molar refractivity (Wildman–Crippen MR) is 107 cm³/mol. The van der Waals surface area contributed by atoms with Crippen LogP contribution in [0.1, 0.15) is 32.8 Å². The highest BCUT2D eigenvalue weighted by molar-refractivity contribution is 7.87. The van der Waals surface area contributed by atoms with Crippen LogP contribution < -0.4 is 9.50 Å². The maximum absolute atomic E-state index is 12.8. The van der Waals surface area contributed by atoms with Gasteiger partial charge in [-0.1, -0.05) is 37.3 Å². The first-order valence-corrected chi connectivity index (χ1v) is 10.6. The van der Waals surface area contributed by atoms with Crippen molar-refractivity contribution in [3.8, 4) is 5.75 Å². The molecular weight excluding hydrogens is 364 g/mol. The molecule has 0 spiro atoms. The summed E-state index contributed by atoms with van der Waals surface area (Å²) in [5.74, 6) is 0.150. The number of carbonyl (C=O) groups excluding carboxylic acids is 1. The van der Waals surface area contributed by atoms with E-state index in [0.29, 0.717) is 6.54 Å². The second-order valence-corrected chi connectivity index (χ2v) is 8.12. The molecule has 2 rings (SSSR count). The molecule has 146 valence electrons. The molecule has 0 aromatic heterocycles. The second kappa shape index (κ2) is 9.41. The molecule has 6 nitrogen and oxygen atoms in total. The van der Waals surface area contributed by atoms with E-state index in [2.05, 4.69) is 5.32 Å². The molecule has 0 aliphatic heterocycles. The van der Waals surface area contributed by atoms with Crippen LogP contribution in [0.2, 0.25) is 0 Å². The highest BCUT2D eigenvalue weighted by Gasteiger charge is 2.20. The molecular formula is C20H26N2O4S. The molecule has 0 aliphatic carbocycles. The number of nitrogens with one attached hydrogen (secondary N) is 1. The Morgan fingerprint density at radius 2 is 1.81 bits per heavy atom. The molecule has 0 aliphatic rings. The van der Waals surface area contributed by atoms with Gasteiger partial charge in [-0.05, 0) is 50.1 Å².